The molecule has 5 rings (SSSR count). The van der Waals surface area contributed by atoms with Crippen LogP contribution in [-0.2, 0) is 16.9 Å². The first-order valence-electron chi connectivity index (χ1n) is 10.4. The molecule has 0 aliphatic carbocycles. The molecule has 158 valence electrons. The van der Waals surface area contributed by atoms with Gasteiger partial charge in [-0.25, -0.2) is 0 Å². The highest BCUT2D eigenvalue weighted by molar-refractivity contribution is 9.10. The Balaban J connectivity index is 1.51. The minimum atomic E-state index is -1.92. The molecule has 0 aromatic heterocycles. The van der Waals surface area contributed by atoms with Gasteiger partial charge in [-0.1, -0.05) is 82.7 Å². The fourth-order valence-corrected chi connectivity index (χ4v) is 4.67. The molecule has 0 radical (unpaired) electrons. The number of benzene rings is 4. The fourth-order valence-electron chi connectivity index (χ4n) is 4.31. The second-order valence-corrected chi connectivity index (χ2v) is 8.98. The number of hydrogen-bond acceptors (Lipinski definition) is 3. The van der Waals surface area contributed by atoms with Crippen LogP contribution in [0, 0.1) is 0 Å². The number of halogens is 1. The summed E-state index contributed by atoms with van der Waals surface area (Å²) in [6, 6.07) is 28.2. The van der Waals surface area contributed by atoms with Crippen molar-refractivity contribution in [1.29, 1.82) is 0 Å². The van der Waals surface area contributed by atoms with E-state index in [-0.39, 0.29) is 12.2 Å². The number of ketones is 1. The lowest BCUT2D eigenvalue weighted by Crippen LogP contribution is -2.41. The van der Waals surface area contributed by atoms with Crippen molar-refractivity contribution in [2.24, 2.45) is 0 Å². The third-order valence-corrected chi connectivity index (χ3v) is 6.46. The Morgan fingerprint density at radius 3 is 2.38 bits per heavy atom. The minimum Gasteiger partial charge on any atom is -0.375 e. The van der Waals surface area contributed by atoms with E-state index in [0.29, 0.717) is 23.4 Å². The van der Waals surface area contributed by atoms with Crippen LogP contribution in [0.25, 0.3) is 10.8 Å². The number of hydrogen-bond donors (Lipinski definition) is 1. The van der Waals surface area contributed by atoms with Gasteiger partial charge in [-0.05, 0) is 40.6 Å². The molecule has 4 aromatic carbocycles. The van der Waals surface area contributed by atoms with Crippen LogP contribution in [0.4, 0.5) is 5.69 Å². The van der Waals surface area contributed by atoms with Gasteiger partial charge in [0.25, 0.3) is 5.91 Å². The van der Waals surface area contributed by atoms with E-state index in [9.17, 15) is 14.7 Å². The highest BCUT2D eigenvalue weighted by Gasteiger charge is 2.51. The minimum absolute atomic E-state index is 0.279. The molecule has 0 spiro atoms. The van der Waals surface area contributed by atoms with Crippen LogP contribution in [0.2, 0.25) is 0 Å². The topological polar surface area (TPSA) is 57.6 Å². The summed E-state index contributed by atoms with van der Waals surface area (Å²) < 4.78 is 0.738. The smallest absolute Gasteiger partial charge is 0.264 e. The predicted octanol–water partition coefficient (Wildman–Crippen LogP) is 5.61. The Morgan fingerprint density at radius 1 is 0.875 bits per heavy atom. The molecule has 0 saturated heterocycles. The van der Waals surface area contributed by atoms with Crippen LogP contribution >= 0.6 is 15.9 Å². The molecule has 1 heterocycles. The van der Waals surface area contributed by atoms with Gasteiger partial charge in [-0.15, -0.1) is 0 Å². The summed E-state index contributed by atoms with van der Waals surface area (Å²) in [4.78, 5) is 28.3. The third kappa shape index (κ3) is 3.53. The summed E-state index contributed by atoms with van der Waals surface area (Å²) in [5.41, 5.74) is 0.567. The van der Waals surface area contributed by atoms with Gasteiger partial charge in [0.1, 0.15) is 0 Å². The number of aliphatic hydroxyl groups is 1. The molecule has 4 nitrogen and oxygen atoms in total. The van der Waals surface area contributed by atoms with Gasteiger partial charge in [0.05, 0.1) is 18.7 Å². The molecular weight excluding hydrogens is 466 g/mol. The lowest BCUT2D eigenvalue weighted by atomic mass is 9.87. The summed E-state index contributed by atoms with van der Waals surface area (Å²) in [6.07, 6.45) is -0.321. The Labute approximate surface area is 194 Å². The third-order valence-electron chi connectivity index (χ3n) is 5.97. The van der Waals surface area contributed by atoms with E-state index in [1.54, 1.807) is 23.1 Å². The van der Waals surface area contributed by atoms with Crippen LogP contribution in [0.1, 0.15) is 27.9 Å². The highest BCUT2D eigenvalue weighted by Crippen LogP contribution is 2.44. The molecule has 0 unspecified atom stereocenters. The van der Waals surface area contributed by atoms with Crippen LogP contribution in [0.5, 0.6) is 0 Å². The molecule has 1 N–H and O–H groups in total. The van der Waals surface area contributed by atoms with E-state index < -0.39 is 11.5 Å². The molecule has 0 fully saturated rings. The number of anilines is 1. The molecule has 0 bridgehead atoms. The van der Waals surface area contributed by atoms with E-state index in [1.165, 1.54) is 0 Å². The van der Waals surface area contributed by atoms with Crippen LogP contribution in [0.15, 0.2) is 95.5 Å². The number of fused-ring (bicyclic) bond motifs is 2. The molecule has 4 aromatic rings. The van der Waals surface area contributed by atoms with E-state index in [1.807, 2.05) is 72.8 Å². The lowest BCUT2D eigenvalue weighted by Gasteiger charge is -2.23. The van der Waals surface area contributed by atoms with Crippen molar-refractivity contribution < 1.29 is 14.7 Å². The Bertz CT molecular complexity index is 1350. The molecule has 1 atom stereocenters. The van der Waals surface area contributed by atoms with Gasteiger partial charge in [-0.3, -0.25) is 9.59 Å². The molecule has 1 aliphatic heterocycles. The monoisotopic (exact) mass is 485 g/mol. The fraction of sp³-hybridized carbons (Fsp3) is 0.111. The maximum absolute atomic E-state index is 13.5. The summed E-state index contributed by atoms with van der Waals surface area (Å²) in [5, 5.41) is 13.6. The number of carbonyl (C=O) groups is 2. The zero-order valence-corrected chi connectivity index (χ0v) is 18.7. The quantitative estimate of drug-likeness (QED) is 0.373. The highest BCUT2D eigenvalue weighted by atomic mass is 79.9. The molecule has 5 heteroatoms. The standard InChI is InChI=1S/C27H20BrNO3/c28-22-12-13-24-23(15-22)27(32,26(31)29(24)17-18-6-2-1-3-7-18)16-25(30)21-11-10-19-8-4-5-9-20(19)14-21/h1-15,32H,16-17H2/t27-/m1/s1. The van der Waals surface area contributed by atoms with Crippen molar-refractivity contribution in [3.05, 3.63) is 112 Å². The zero-order chi connectivity index (χ0) is 22.3. The van der Waals surface area contributed by atoms with Gasteiger partial charge in [0.15, 0.2) is 11.4 Å². The first-order valence-corrected chi connectivity index (χ1v) is 11.2. The maximum atomic E-state index is 13.5. The second kappa shape index (κ2) is 8.01. The largest absolute Gasteiger partial charge is 0.375 e. The maximum Gasteiger partial charge on any atom is 0.264 e. The van der Waals surface area contributed by atoms with Crippen molar-refractivity contribution in [3.63, 3.8) is 0 Å². The predicted molar refractivity (Wildman–Crippen MR) is 129 cm³/mol. The summed E-state index contributed by atoms with van der Waals surface area (Å²) in [7, 11) is 0. The molecule has 0 saturated carbocycles. The molecule has 1 aliphatic rings. The summed E-state index contributed by atoms with van der Waals surface area (Å²) >= 11 is 3.44. The van der Waals surface area contributed by atoms with Gasteiger partial charge in [0.2, 0.25) is 0 Å². The van der Waals surface area contributed by atoms with Crippen molar-refractivity contribution in [1.82, 2.24) is 0 Å². The van der Waals surface area contributed by atoms with Gasteiger partial charge >= 0.3 is 0 Å². The summed E-state index contributed by atoms with van der Waals surface area (Å²) in [6.45, 7) is 0.320. The average Bonchev–Trinajstić information content (AvgIpc) is 3.00. The van der Waals surface area contributed by atoms with E-state index in [0.717, 1.165) is 20.8 Å². The second-order valence-electron chi connectivity index (χ2n) is 8.06. The van der Waals surface area contributed by atoms with E-state index in [2.05, 4.69) is 15.9 Å². The SMILES string of the molecule is O=C(C[C@]1(O)C(=O)N(Cc2ccccc2)c2ccc(Br)cc21)c1ccc2ccccc2c1. The Morgan fingerprint density at radius 2 is 1.59 bits per heavy atom. The lowest BCUT2D eigenvalue weighted by molar-refractivity contribution is -0.136. The Kier molecular flexibility index (Phi) is 5.16. The van der Waals surface area contributed by atoms with Crippen LogP contribution in [-0.4, -0.2) is 16.8 Å². The molecule has 32 heavy (non-hydrogen) atoms. The van der Waals surface area contributed by atoms with Crippen LogP contribution in [0.3, 0.4) is 0 Å². The first kappa shape index (κ1) is 20.6. The van der Waals surface area contributed by atoms with Crippen molar-refractivity contribution in [2.45, 2.75) is 18.6 Å². The van der Waals surface area contributed by atoms with Gasteiger partial charge < -0.3 is 10.0 Å². The van der Waals surface area contributed by atoms with Crippen molar-refractivity contribution in [3.8, 4) is 0 Å². The summed E-state index contributed by atoms with van der Waals surface area (Å²) in [5.74, 6) is -0.761. The normalized spacial score (nSPS) is 17.6. The number of rotatable bonds is 5. The zero-order valence-electron chi connectivity index (χ0n) is 17.2. The number of carbonyl (C=O) groups excluding carboxylic acids is 2. The van der Waals surface area contributed by atoms with E-state index >= 15 is 0 Å². The number of Topliss-reactive ketones (excluding diaryl/α,β-unsaturated/α-hetero) is 1. The first-order chi connectivity index (χ1) is 15.5. The van der Waals surface area contributed by atoms with E-state index in [4.69, 9.17) is 0 Å². The number of nitrogens with zero attached hydrogens (tertiary/aromatic N) is 1. The van der Waals surface area contributed by atoms with Crippen molar-refractivity contribution >= 4 is 44.1 Å². The number of amides is 1. The van der Waals surface area contributed by atoms with Crippen molar-refractivity contribution in [2.75, 3.05) is 4.90 Å². The van der Waals surface area contributed by atoms with Crippen LogP contribution < -0.4 is 4.90 Å². The van der Waals surface area contributed by atoms with Gasteiger partial charge in [0, 0.05) is 15.6 Å². The Hall–Kier alpha value is -3.28. The van der Waals surface area contributed by atoms with Gasteiger partial charge in [-0.2, -0.15) is 0 Å². The average molecular weight is 486 g/mol. The molecule has 1 amide bonds. The molecular formula is C27H20BrNO3.